The van der Waals surface area contributed by atoms with Crippen molar-refractivity contribution < 1.29 is 5.21 Å². The van der Waals surface area contributed by atoms with Gasteiger partial charge >= 0.3 is 0 Å². The lowest BCUT2D eigenvalue weighted by Gasteiger charge is -2.45. The molecule has 1 heterocycles. The van der Waals surface area contributed by atoms with E-state index in [1.54, 1.807) is 11.9 Å². The molecule has 1 aliphatic rings. The van der Waals surface area contributed by atoms with Crippen LogP contribution in [0.4, 0.5) is 0 Å². The first-order valence-corrected chi connectivity index (χ1v) is 10.5. The first-order valence-electron chi connectivity index (χ1n) is 8.79. The second-order valence-corrected chi connectivity index (χ2v) is 9.53. The molecule has 1 fully saturated rings. The molecule has 1 aromatic carbocycles. The molecule has 1 atom stereocenters. The molecule has 2 rings (SSSR count). The van der Waals surface area contributed by atoms with Gasteiger partial charge in [-0.25, -0.2) is 4.31 Å². The van der Waals surface area contributed by atoms with Crippen molar-refractivity contribution in [2.24, 2.45) is 0 Å². The highest BCUT2D eigenvalue weighted by Gasteiger charge is 2.41. The quantitative estimate of drug-likeness (QED) is 0.517. The second-order valence-electron chi connectivity index (χ2n) is 6.66. The van der Waals surface area contributed by atoms with Crippen LogP contribution < -0.4 is 5.48 Å². The van der Waals surface area contributed by atoms with Gasteiger partial charge in [0.15, 0.2) is 0 Å². The lowest BCUT2D eigenvalue weighted by molar-refractivity contribution is 0.171. The molecular weight excluding hydrogens is 336 g/mol. The molecule has 24 heavy (non-hydrogen) atoms. The highest BCUT2D eigenvalue weighted by Crippen LogP contribution is 2.42. The molecule has 0 aliphatic carbocycles. The van der Waals surface area contributed by atoms with E-state index < -0.39 is 0 Å². The fraction of sp³-hybridized carbons (Fsp3) is 0.579. The van der Waals surface area contributed by atoms with Crippen LogP contribution in [-0.2, 0) is 6.42 Å². The summed E-state index contributed by atoms with van der Waals surface area (Å²) in [6.07, 6.45) is 5.32. The van der Waals surface area contributed by atoms with Gasteiger partial charge in [-0.05, 0) is 56.3 Å². The van der Waals surface area contributed by atoms with Crippen molar-refractivity contribution in [3.63, 3.8) is 0 Å². The minimum atomic E-state index is 0.0458. The fourth-order valence-corrected chi connectivity index (χ4v) is 5.76. The molecule has 1 aliphatic heterocycles. The van der Waals surface area contributed by atoms with Crippen molar-refractivity contribution in [2.45, 2.75) is 62.6 Å². The number of benzene rings is 1. The first-order chi connectivity index (χ1) is 11.5. The predicted octanol–water partition coefficient (Wildman–Crippen LogP) is 5.11. The Hall–Kier alpha value is -0.620. The van der Waals surface area contributed by atoms with E-state index in [9.17, 15) is 5.21 Å². The second kappa shape index (κ2) is 9.18. The summed E-state index contributed by atoms with van der Waals surface area (Å²) >= 11 is 3.77. The van der Waals surface area contributed by atoms with Gasteiger partial charge in [0.1, 0.15) is 0 Å². The predicted molar refractivity (Wildman–Crippen MR) is 107 cm³/mol. The number of hydrogen-bond donors (Lipinski definition) is 2. The van der Waals surface area contributed by atoms with E-state index in [4.69, 9.17) is 0 Å². The van der Waals surface area contributed by atoms with Crippen LogP contribution in [0.5, 0.6) is 0 Å². The Kier molecular flexibility index (Phi) is 7.54. The zero-order valence-corrected chi connectivity index (χ0v) is 16.8. The number of hydrogen-bond acceptors (Lipinski definition) is 5. The van der Waals surface area contributed by atoms with Crippen molar-refractivity contribution in [1.29, 1.82) is 0 Å². The summed E-state index contributed by atoms with van der Waals surface area (Å²) in [7, 11) is 0. The Morgan fingerprint density at radius 2 is 2.08 bits per heavy atom. The monoisotopic (exact) mass is 366 g/mol. The van der Waals surface area contributed by atoms with Gasteiger partial charge in [-0.3, -0.25) is 10.7 Å². The molecule has 1 unspecified atom stereocenters. The molecule has 2 N–H and O–H groups in total. The van der Waals surface area contributed by atoms with Crippen LogP contribution >= 0.6 is 23.7 Å². The van der Waals surface area contributed by atoms with Gasteiger partial charge in [-0.2, -0.15) is 11.8 Å². The molecule has 1 aromatic rings. The fourth-order valence-electron chi connectivity index (χ4n) is 3.16. The molecule has 0 amide bonds. The van der Waals surface area contributed by atoms with E-state index in [1.165, 1.54) is 16.9 Å². The zero-order valence-electron chi connectivity index (χ0n) is 15.2. The molecule has 0 aromatic heterocycles. The maximum Gasteiger partial charge on any atom is 0.0763 e. The van der Waals surface area contributed by atoms with Gasteiger partial charge in [0.25, 0.3) is 0 Å². The van der Waals surface area contributed by atoms with Gasteiger partial charge < -0.3 is 0 Å². The maximum absolute atomic E-state index is 9.66. The Bertz CT molecular complexity index is 543. The van der Waals surface area contributed by atoms with Crippen molar-refractivity contribution in [1.82, 2.24) is 9.79 Å². The number of nitrogens with one attached hydrogen (secondary N) is 1. The summed E-state index contributed by atoms with van der Waals surface area (Å²) in [4.78, 5) is 1.26. The number of rotatable bonds is 7. The van der Waals surface area contributed by atoms with E-state index in [0.29, 0.717) is 0 Å². The third-order valence-electron chi connectivity index (χ3n) is 4.26. The summed E-state index contributed by atoms with van der Waals surface area (Å²) in [5.41, 5.74) is 4.77. The SMILES string of the molecule is CC/C=C(\NO)C1N(Sc2ccc(CCC)cc2)CCSC1(C)C. The van der Waals surface area contributed by atoms with Crippen molar-refractivity contribution >= 4 is 23.7 Å². The molecule has 134 valence electrons. The maximum atomic E-state index is 9.66. The Morgan fingerprint density at radius 1 is 1.38 bits per heavy atom. The number of allylic oxidation sites excluding steroid dienone is 1. The van der Waals surface area contributed by atoms with Crippen LogP contribution in [0.15, 0.2) is 40.9 Å². The topological polar surface area (TPSA) is 35.5 Å². The average molecular weight is 367 g/mol. The number of thioether (sulfide) groups is 1. The largest absolute Gasteiger partial charge is 0.291 e. The zero-order chi connectivity index (χ0) is 17.6. The molecule has 0 spiro atoms. The van der Waals surface area contributed by atoms with Gasteiger partial charge in [0, 0.05) is 21.9 Å². The molecule has 0 bridgehead atoms. The van der Waals surface area contributed by atoms with Crippen LogP contribution in [0.3, 0.4) is 0 Å². The van der Waals surface area contributed by atoms with Crippen LogP contribution in [-0.4, -0.2) is 32.6 Å². The van der Waals surface area contributed by atoms with Crippen molar-refractivity contribution in [3.8, 4) is 0 Å². The normalized spacial score (nSPS) is 21.7. The average Bonchev–Trinajstić information content (AvgIpc) is 2.55. The van der Waals surface area contributed by atoms with E-state index in [-0.39, 0.29) is 10.8 Å². The summed E-state index contributed by atoms with van der Waals surface area (Å²) < 4.78 is 2.46. The van der Waals surface area contributed by atoms with Crippen LogP contribution in [0, 0.1) is 0 Å². The third kappa shape index (κ3) is 4.94. The Labute approximate surface area is 155 Å². The van der Waals surface area contributed by atoms with Crippen LogP contribution in [0.1, 0.15) is 46.1 Å². The van der Waals surface area contributed by atoms with Crippen molar-refractivity contribution in [3.05, 3.63) is 41.6 Å². The molecule has 0 radical (unpaired) electrons. The molecule has 1 saturated heterocycles. The summed E-state index contributed by atoms with van der Waals surface area (Å²) in [6, 6.07) is 9.06. The third-order valence-corrected chi connectivity index (χ3v) is 6.73. The van der Waals surface area contributed by atoms with E-state index >= 15 is 0 Å². The Morgan fingerprint density at radius 3 is 2.67 bits per heavy atom. The van der Waals surface area contributed by atoms with E-state index in [1.807, 2.05) is 11.8 Å². The number of nitrogens with zero attached hydrogens (tertiary/aromatic N) is 1. The van der Waals surface area contributed by atoms with Crippen LogP contribution in [0.2, 0.25) is 0 Å². The molecular formula is C19H30N2OS2. The molecule has 0 saturated carbocycles. The lowest BCUT2D eigenvalue weighted by Crippen LogP contribution is -2.52. The highest BCUT2D eigenvalue weighted by molar-refractivity contribution is 8.01. The standard InChI is InChI=1S/C19H30N2OS2/c1-5-7-15-9-11-16(12-10-15)24-21-13-14-23-19(3,4)18(21)17(20-22)8-6-2/h8-12,18,20,22H,5-7,13-14H2,1-4H3/b17-8-. The molecule has 5 heteroatoms. The summed E-state index contributed by atoms with van der Waals surface area (Å²) in [6.45, 7) is 9.85. The minimum absolute atomic E-state index is 0.0458. The molecule has 3 nitrogen and oxygen atoms in total. The van der Waals surface area contributed by atoms with Gasteiger partial charge in [0.2, 0.25) is 0 Å². The van der Waals surface area contributed by atoms with Crippen LogP contribution in [0.25, 0.3) is 0 Å². The van der Waals surface area contributed by atoms with Gasteiger partial charge in [-0.15, -0.1) is 0 Å². The summed E-state index contributed by atoms with van der Waals surface area (Å²) in [5, 5.41) is 9.66. The summed E-state index contributed by atoms with van der Waals surface area (Å²) in [5.74, 6) is 1.11. The number of aryl methyl sites for hydroxylation is 1. The Balaban J connectivity index is 2.20. The lowest BCUT2D eigenvalue weighted by atomic mass is 9.98. The van der Waals surface area contributed by atoms with E-state index in [2.05, 4.69) is 67.8 Å². The smallest absolute Gasteiger partial charge is 0.0763 e. The first kappa shape index (κ1) is 19.7. The van der Waals surface area contributed by atoms with Crippen molar-refractivity contribution in [2.75, 3.05) is 12.3 Å². The van der Waals surface area contributed by atoms with Gasteiger partial charge in [-0.1, -0.05) is 38.5 Å². The minimum Gasteiger partial charge on any atom is -0.291 e. The van der Waals surface area contributed by atoms with E-state index in [0.717, 1.165) is 30.8 Å². The number of hydroxylamine groups is 1. The highest BCUT2D eigenvalue weighted by atomic mass is 32.2. The van der Waals surface area contributed by atoms with Gasteiger partial charge in [0.05, 0.1) is 11.7 Å².